The lowest BCUT2D eigenvalue weighted by Gasteiger charge is -2.04. The summed E-state index contributed by atoms with van der Waals surface area (Å²) in [6, 6.07) is 8.04. The summed E-state index contributed by atoms with van der Waals surface area (Å²) in [6.45, 7) is 1.63. The second-order valence-corrected chi connectivity index (χ2v) is 3.99. The van der Waals surface area contributed by atoms with Crippen molar-refractivity contribution in [2.75, 3.05) is 0 Å². The topological polar surface area (TPSA) is 93.1 Å². The van der Waals surface area contributed by atoms with Crippen LogP contribution < -0.4 is 5.56 Å². The maximum absolute atomic E-state index is 12.2. The number of carbonyl (C=O) groups is 1. The summed E-state index contributed by atoms with van der Waals surface area (Å²) in [4.78, 5) is 35.8. The van der Waals surface area contributed by atoms with E-state index in [0.717, 1.165) is 0 Å². The Hall–Kier alpha value is -2.76. The first kappa shape index (κ1) is 12.7. The van der Waals surface area contributed by atoms with Crippen LogP contribution in [0.25, 0.3) is 0 Å². The van der Waals surface area contributed by atoms with Crippen molar-refractivity contribution >= 4 is 11.5 Å². The van der Waals surface area contributed by atoms with Gasteiger partial charge < -0.3 is 4.98 Å². The molecule has 0 aliphatic rings. The van der Waals surface area contributed by atoms with E-state index >= 15 is 0 Å². The molecule has 6 nitrogen and oxygen atoms in total. The third kappa shape index (κ3) is 2.57. The number of aryl methyl sites for hydroxylation is 1. The lowest BCUT2D eigenvalue weighted by atomic mass is 10.0. The van der Waals surface area contributed by atoms with Gasteiger partial charge in [-0.05, 0) is 25.1 Å². The number of rotatable bonds is 3. The molecule has 0 saturated carbocycles. The summed E-state index contributed by atoms with van der Waals surface area (Å²) in [6.07, 6.45) is 0. The molecule has 0 aliphatic carbocycles. The summed E-state index contributed by atoms with van der Waals surface area (Å²) < 4.78 is 0. The first-order chi connectivity index (χ1) is 8.99. The second-order valence-electron chi connectivity index (χ2n) is 3.99. The van der Waals surface area contributed by atoms with E-state index in [1.54, 1.807) is 6.92 Å². The quantitative estimate of drug-likeness (QED) is 0.516. The van der Waals surface area contributed by atoms with Crippen molar-refractivity contribution < 1.29 is 9.72 Å². The maximum atomic E-state index is 12.2. The van der Waals surface area contributed by atoms with E-state index in [1.807, 2.05) is 0 Å². The van der Waals surface area contributed by atoms with Crippen molar-refractivity contribution in [2.24, 2.45) is 0 Å². The Balaban J connectivity index is 2.38. The van der Waals surface area contributed by atoms with Gasteiger partial charge in [-0.25, -0.2) is 0 Å². The lowest BCUT2D eigenvalue weighted by Crippen LogP contribution is -2.12. The summed E-state index contributed by atoms with van der Waals surface area (Å²) in [5, 5.41) is 10.5. The molecule has 0 unspecified atom stereocenters. The average Bonchev–Trinajstić information content (AvgIpc) is 2.38. The molecule has 2 rings (SSSR count). The fourth-order valence-electron chi connectivity index (χ4n) is 1.71. The van der Waals surface area contributed by atoms with Gasteiger partial charge in [-0.2, -0.15) is 0 Å². The molecule has 1 aromatic carbocycles. The number of H-pyrrole nitrogens is 1. The Labute approximate surface area is 107 Å². The van der Waals surface area contributed by atoms with Gasteiger partial charge >= 0.3 is 0 Å². The molecule has 96 valence electrons. The van der Waals surface area contributed by atoms with E-state index in [1.165, 1.54) is 36.4 Å². The number of non-ortho nitro benzene ring substituents is 1. The number of pyridine rings is 1. The second kappa shape index (κ2) is 4.85. The highest BCUT2D eigenvalue weighted by Gasteiger charge is 2.13. The molecule has 1 aromatic heterocycles. The molecule has 0 bridgehead atoms. The fraction of sp³-hybridized carbons (Fsp3) is 0.0769. The summed E-state index contributed by atoms with van der Waals surface area (Å²) in [7, 11) is 0. The van der Waals surface area contributed by atoms with Crippen molar-refractivity contribution in [3.63, 3.8) is 0 Å². The lowest BCUT2D eigenvalue weighted by molar-refractivity contribution is -0.384. The van der Waals surface area contributed by atoms with Crippen molar-refractivity contribution in [1.29, 1.82) is 0 Å². The van der Waals surface area contributed by atoms with Crippen molar-refractivity contribution in [3.05, 3.63) is 73.7 Å². The van der Waals surface area contributed by atoms with E-state index in [-0.39, 0.29) is 17.0 Å². The highest BCUT2D eigenvalue weighted by atomic mass is 16.6. The molecule has 0 aliphatic heterocycles. The molecule has 0 amide bonds. The molecular formula is C13H10N2O4. The van der Waals surface area contributed by atoms with Gasteiger partial charge in [-0.15, -0.1) is 0 Å². The van der Waals surface area contributed by atoms with Gasteiger partial charge in [0.2, 0.25) is 5.56 Å². The van der Waals surface area contributed by atoms with Crippen LogP contribution in [0.15, 0.2) is 41.2 Å². The zero-order valence-electron chi connectivity index (χ0n) is 10.0. The van der Waals surface area contributed by atoms with Crippen molar-refractivity contribution in [1.82, 2.24) is 4.98 Å². The van der Waals surface area contributed by atoms with Crippen LogP contribution in [-0.4, -0.2) is 15.7 Å². The van der Waals surface area contributed by atoms with Gasteiger partial charge in [0.15, 0.2) is 5.78 Å². The minimum Gasteiger partial charge on any atom is -0.326 e. The first-order valence-electron chi connectivity index (χ1n) is 5.48. The minimum atomic E-state index is -0.528. The third-order valence-electron chi connectivity index (χ3n) is 2.70. The van der Waals surface area contributed by atoms with Gasteiger partial charge in [-0.3, -0.25) is 19.7 Å². The molecule has 0 saturated heterocycles. The van der Waals surface area contributed by atoms with Crippen LogP contribution in [0.4, 0.5) is 5.69 Å². The number of aromatic nitrogens is 1. The van der Waals surface area contributed by atoms with Crippen LogP contribution in [0.3, 0.4) is 0 Å². The number of ketones is 1. The highest BCUT2D eigenvalue weighted by molar-refractivity contribution is 6.09. The van der Waals surface area contributed by atoms with Crippen molar-refractivity contribution in [3.8, 4) is 0 Å². The number of hydrogen-bond acceptors (Lipinski definition) is 4. The van der Waals surface area contributed by atoms with E-state index in [9.17, 15) is 19.7 Å². The first-order valence-corrected chi connectivity index (χ1v) is 5.48. The van der Waals surface area contributed by atoms with Gasteiger partial charge in [0.25, 0.3) is 5.69 Å². The van der Waals surface area contributed by atoms with Gasteiger partial charge in [0, 0.05) is 35.0 Å². The molecule has 0 atom stereocenters. The van der Waals surface area contributed by atoms with Crippen LogP contribution in [0, 0.1) is 17.0 Å². The normalized spacial score (nSPS) is 10.2. The molecule has 6 heteroatoms. The molecule has 0 fully saturated rings. The average molecular weight is 258 g/mol. The molecular weight excluding hydrogens is 248 g/mol. The fourth-order valence-corrected chi connectivity index (χ4v) is 1.71. The van der Waals surface area contributed by atoms with Gasteiger partial charge in [0.05, 0.1) is 4.92 Å². The SMILES string of the molecule is Cc1[nH]c(=O)ccc1C(=O)c1ccc([N+](=O)[O-])cc1. The number of benzene rings is 1. The Bertz CT molecular complexity index is 701. The van der Waals surface area contributed by atoms with Gasteiger partial charge in [-0.1, -0.05) is 0 Å². The number of hydrogen-bond donors (Lipinski definition) is 1. The van der Waals surface area contributed by atoms with Crippen LogP contribution in [-0.2, 0) is 0 Å². The number of aromatic amines is 1. The predicted molar refractivity (Wildman–Crippen MR) is 68.3 cm³/mol. The number of nitro groups is 1. The Morgan fingerprint density at radius 1 is 1.16 bits per heavy atom. The van der Waals surface area contributed by atoms with Crippen LogP contribution in [0.5, 0.6) is 0 Å². The molecule has 1 N–H and O–H groups in total. The van der Waals surface area contributed by atoms with Gasteiger partial charge in [0.1, 0.15) is 0 Å². The predicted octanol–water partition coefficient (Wildman–Crippen LogP) is 1.82. The van der Waals surface area contributed by atoms with Crippen LogP contribution in [0.1, 0.15) is 21.6 Å². The van der Waals surface area contributed by atoms with E-state index in [0.29, 0.717) is 16.8 Å². The standard InChI is InChI=1S/C13H10N2O4/c1-8-11(6-7-12(16)14-8)13(17)9-2-4-10(5-3-9)15(18)19/h2-7H,1H3,(H,14,16). The Kier molecular flexibility index (Phi) is 3.24. The number of carbonyl (C=O) groups excluding carboxylic acids is 1. The van der Waals surface area contributed by atoms with Crippen molar-refractivity contribution in [2.45, 2.75) is 6.92 Å². The minimum absolute atomic E-state index is 0.0743. The van der Waals surface area contributed by atoms with Crippen LogP contribution >= 0.6 is 0 Å². The third-order valence-corrected chi connectivity index (χ3v) is 2.70. The molecule has 0 spiro atoms. The maximum Gasteiger partial charge on any atom is 0.269 e. The molecule has 19 heavy (non-hydrogen) atoms. The zero-order chi connectivity index (χ0) is 14.0. The summed E-state index contributed by atoms with van der Waals surface area (Å²) in [5.74, 6) is -0.288. The van der Waals surface area contributed by atoms with E-state index in [2.05, 4.69) is 4.98 Å². The molecule has 0 radical (unpaired) electrons. The highest BCUT2D eigenvalue weighted by Crippen LogP contribution is 2.15. The smallest absolute Gasteiger partial charge is 0.269 e. The Morgan fingerprint density at radius 3 is 2.32 bits per heavy atom. The molecule has 2 aromatic rings. The van der Waals surface area contributed by atoms with E-state index in [4.69, 9.17) is 0 Å². The number of nitrogens with one attached hydrogen (secondary N) is 1. The largest absolute Gasteiger partial charge is 0.326 e. The van der Waals surface area contributed by atoms with E-state index < -0.39 is 4.92 Å². The zero-order valence-corrected chi connectivity index (χ0v) is 10.0. The molecule has 1 heterocycles. The Morgan fingerprint density at radius 2 is 1.79 bits per heavy atom. The van der Waals surface area contributed by atoms with Crippen LogP contribution in [0.2, 0.25) is 0 Å². The number of nitro benzene ring substituents is 1. The monoisotopic (exact) mass is 258 g/mol. The number of nitrogens with zero attached hydrogens (tertiary/aromatic N) is 1. The summed E-state index contributed by atoms with van der Waals surface area (Å²) in [5.41, 5.74) is 0.817. The summed E-state index contributed by atoms with van der Waals surface area (Å²) >= 11 is 0.